The Morgan fingerprint density at radius 3 is 2.81 bits per heavy atom. The van der Waals surface area contributed by atoms with E-state index in [1.807, 2.05) is 54.1 Å². The summed E-state index contributed by atoms with van der Waals surface area (Å²) in [5.41, 5.74) is 3.61. The molecular weight excluding hydrogens is 454 g/mol. The van der Waals surface area contributed by atoms with Gasteiger partial charge in [0.1, 0.15) is 5.75 Å². The number of hydrogen-bond acceptors (Lipinski definition) is 5. The van der Waals surface area contributed by atoms with Gasteiger partial charge in [0, 0.05) is 42.7 Å². The van der Waals surface area contributed by atoms with Crippen LogP contribution < -0.4 is 10.1 Å². The lowest BCUT2D eigenvalue weighted by Gasteiger charge is -2.28. The summed E-state index contributed by atoms with van der Waals surface area (Å²) in [6.07, 6.45) is 10.0. The number of rotatable bonds is 11. The van der Waals surface area contributed by atoms with Crippen molar-refractivity contribution in [1.29, 1.82) is 0 Å². The third-order valence-corrected chi connectivity index (χ3v) is 6.43. The monoisotopic (exact) mass is 487 g/mol. The number of carbonyl (C=O) groups excluding carboxylic acids is 2. The van der Waals surface area contributed by atoms with E-state index in [0.717, 1.165) is 40.2 Å². The second-order valence-corrected chi connectivity index (χ2v) is 9.20. The van der Waals surface area contributed by atoms with E-state index in [1.165, 1.54) is 0 Å². The fourth-order valence-corrected chi connectivity index (χ4v) is 4.40. The van der Waals surface area contributed by atoms with Crippen LogP contribution in [0.1, 0.15) is 31.5 Å². The third kappa shape index (κ3) is 5.82. The number of nitrogens with one attached hydrogen (secondary N) is 1. The van der Waals surface area contributed by atoms with Crippen molar-refractivity contribution in [2.45, 2.75) is 33.2 Å². The molecule has 4 rings (SSSR count). The van der Waals surface area contributed by atoms with Crippen molar-refractivity contribution < 1.29 is 14.3 Å². The van der Waals surface area contributed by atoms with Crippen molar-refractivity contribution >= 4 is 23.4 Å². The van der Waals surface area contributed by atoms with Crippen LogP contribution in [0, 0.1) is 11.8 Å². The van der Waals surface area contributed by atoms with Gasteiger partial charge in [0.25, 0.3) is 0 Å². The molecule has 1 N–H and O–H groups in total. The Hall–Kier alpha value is -3.94. The summed E-state index contributed by atoms with van der Waals surface area (Å²) in [4.78, 5) is 30.7. The molecule has 2 unspecified atom stereocenters. The highest BCUT2D eigenvalue weighted by molar-refractivity contribution is 5.83. The maximum absolute atomic E-state index is 13.6. The van der Waals surface area contributed by atoms with Crippen LogP contribution in [-0.2, 0) is 22.6 Å². The molecule has 2 amide bonds. The van der Waals surface area contributed by atoms with Gasteiger partial charge in [0.05, 0.1) is 19.3 Å². The summed E-state index contributed by atoms with van der Waals surface area (Å²) in [5, 5.41) is 8.49. The second-order valence-electron chi connectivity index (χ2n) is 9.20. The minimum absolute atomic E-state index is 0.00916. The summed E-state index contributed by atoms with van der Waals surface area (Å²) in [7, 11) is 1.65. The first-order chi connectivity index (χ1) is 17.5. The van der Waals surface area contributed by atoms with Crippen LogP contribution in [-0.4, -0.2) is 52.2 Å². The summed E-state index contributed by atoms with van der Waals surface area (Å²) in [5.74, 6) is 0.961. The Balaban J connectivity index is 1.55. The van der Waals surface area contributed by atoms with Crippen molar-refractivity contribution in [3.63, 3.8) is 0 Å². The van der Waals surface area contributed by atoms with Gasteiger partial charge in [0.15, 0.2) is 5.65 Å². The van der Waals surface area contributed by atoms with E-state index in [1.54, 1.807) is 18.2 Å². The van der Waals surface area contributed by atoms with E-state index in [4.69, 9.17) is 9.84 Å². The molecule has 0 spiro atoms. The number of pyridine rings is 1. The molecule has 3 aromatic rings. The van der Waals surface area contributed by atoms with Crippen LogP contribution in [0.3, 0.4) is 0 Å². The summed E-state index contributed by atoms with van der Waals surface area (Å²) >= 11 is 0. The first-order valence-corrected chi connectivity index (χ1v) is 12.3. The third-order valence-electron chi connectivity index (χ3n) is 6.43. The van der Waals surface area contributed by atoms with Crippen LogP contribution >= 0.6 is 0 Å². The molecule has 0 fully saturated rings. The van der Waals surface area contributed by atoms with Gasteiger partial charge < -0.3 is 15.0 Å². The van der Waals surface area contributed by atoms with Crippen LogP contribution in [0.5, 0.6) is 5.75 Å². The first kappa shape index (κ1) is 25.2. The highest BCUT2D eigenvalue weighted by Gasteiger charge is 2.25. The number of carbonyl (C=O) groups is 2. The summed E-state index contributed by atoms with van der Waals surface area (Å²) in [6.45, 7) is 5.46. The van der Waals surface area contributed by atoms with Crippen molar-refractivity contribution in [2.24, 2.45) is 11.8 Å². The van der Waals surface area contributed by atoms with Gasteiger partial charge in [0.2, 0.25) is 12.3 Å². The first-order valence-electron chi connectivity index (χ1n) is 12.3. The van der Waals surface area contributed by atoms with Gasteiger partial charge in [-0.25, -0.2) is 9.67 Å². The minimum atomic E-state index is -0.303. The fourth-order valence-electron chi connectivity index (χ4n) is 4.40. The Labute approximate surface area is 211 Å². The largest absolute Gasteiger partial charge is 0.497 e. The van der Waals surface area contributed by atoms with Crippen LogP contribution in [0.25, 0.3) is 11.0 Å². The molecule has 0 saturated carbocycles. The number of hydrogen-bond donors (Lipinski definition) is 1. The summed E-state index contributed by atoms with van der Waals surface area (Å²) in [6, 6.07) is 11.8. The highest BCUT2D eigenvalue weighted by Crippen LogP contribution is 2.24. The molecule has 8 nitrogen and oxygen atoms in total. The van der Waals surface area contributed by atoms with Crippen LogP contribution in [0.2, 0.25) is 0 Å². The number of benzene rings is 1. The average Bonchev–Trinajstić information content (AvgIpc) is 3.24. The molecule has 1 aliphatic rings. The number of fused-ring (bicyclic) bond motifs is 1. The van der Waals surface area contributed by atoms with Gasteiger partial charge in [-0.2, -0.15) is 5.10 Å². The molecule has 36 heavy (non-hydrogen) atoms. The maximum atomic E-state index is 13.6. The molecule has 0 saturated heterocycles. The molecule has 0 bridgehead atoms. The number of ether oxygens (including phenoxy) is 1. The average molecular weight is 488 g/mol. The molecule has 2 aromatic heterocycles. The number of allylic oxidation sites excluding steroid dienone is 3. The summed E-state index contributed by atoms with van der Waals surface area (Å²) < 4.78 is 7.15. The lowest BCUT2D eigenvalue weighted by Crippen LogP contribution is -2.39. The number of amides is 2. The smallest absolute Gasteiger partial charge is 0.230 e. The van der Waals surface area contributed by atoms with E-state index < -0.39 is 0 Å². The lowest BCUT2D eigenvalue weighted by atomic mass is 9.98. The molecular formula is C28H33N5O3. The predicted molar refractivity (Wildman–Crippen MR) is 139 cm³/mol. The van der Waals surface area contributed by atoms with Crippen LogP contribution in [0.4, 0.5) is 0 Å². The van der Waals surface area contributed by atoms with Gasteiger partial charge in [-0.15, -0.1) is 0 Å². The topological polar surface area (TPSA) is 89.4 Å². The van der Waals surface area contributed by atoms with Crippen molar-refractivity contribution in [1.82, 2.24) is 25.0 Å². The van der Waals surface area contributed by atoms with Crippen molar-refractivity contribution in [2.75, 3.05) is 20.2 Å². The maximum Gasteiger partial charge on any atom is 0.230 e. The van der Waals surface area contributed by atoms with Gasteiger partial charge >= 0.3 is 0 Å². The second kappa shape index (κ2) is 11.7. The minimum Gasteiger partial charge on any atom is -0.497 e. The van der Waals surface area contributed by atoms with E-state index in [-0.39, 0.29) is 11.8 Å². The number of methoxy groups -OCH3 is 1. The molecule has 1 aliphatic carbocycles. The fraction of sp³-hybridized carbons (Fsp3) is 0.357. The van der Waals surface area contributed by atoms with E-state index in [9.17, 15) is 9.59 Å². The zero-order chi connectivity index (χ0) is 25.5. The quantitative estimate of drug-likeness (QED) is 0.329. The van der Waals surface area contributed by atoms with Gasteiger partial charge in [-0.05, 0) is 48.2 Å². The van der Waals surface area contributed by atoms with Gasteiger partial charge in [-0.3, -0.25) is 9.59 Å². The van der Waals surface area contributed by atoms with Gasteiger partial charge in [-0.1, -0.05) is 38.1 Å². The van der Waals surface area contributed by atoms with Crippen molar-refractivity contribution in [3.8, 4) is 5.75 Å². The van der Waals surface area contributed by atoms with E-state index >= 15 is 0 Å². The van der Waals surface area contributed by atoms with Crippen LogP contribution in [0.15, 0.2) is 66.5 Å². The Morgan fingerprint density at radius 2 is 2.11 bits per heavy atom. The Morgan fingerprint density at radius 1 is 1.31 bits per heavy atom. The highest BCUT2D eigenvalue weighted by atomic mass is 16.5. The Kier molecular flexibility index (Phi) is 8.15. The zero-order valence-electron chi connectivity index (χ0n) is 21.1. The Bertz CT molecular complexity index is 1260. The molecule has 188 valence electrons. The molecule has 2 atom stereocenters. The number of aromatic nitrogens is 3. The molecule has 0 aliphatic heterocycles. The van der Waals surface area contributed by atoms with E-state index in [0.29, 0.717) is 38.4 Å². The molecule has 8 heteroatoms. The standard InChI is InChI=1S/C28H33N5O3/c1-20-6-10-23(11-7-20)32(16-15-29-19-34)28(35)21(2)17-26-25-5-4-14-30-27(25)33(31-26)18-22-8-12-24(36-3)13-9-22/h4-6,8-14,19-21H,7,15-18H2,1-3H3,(H,29,34). The lowest BCUT2D eigenvalue weighted by molar-refractivity contribution is -0.133. The van der Waals surface area contributed by atoms with Crippen molar-refractivity contribution in [3.05, 3.63) is 77.8 Å². The molecule has 2 heterocycles. The predicted octanol–water partition coefficient (Wildman–Crippen LogP) is 3.72. The molecule has 0 radical (unpaired) electrons. The zero-order valence-corrected chi connectivity index (χ0v) is 21.1. The SMILES string of the molecule is COc1ccc(Cn2nc(CC(C)C(=O)N(CCNC=O)C3=CCC(C)C=C3)c3cccnc32)cc1. The normalized spacial score (nSPS) is 15.9. The number of nitrogens with zero attached hydrogens (tertiary/aromatic N) is 4. The van der Waals surface area contributed by atoms with E-state index in [2.05, 4.69) is 29.4 Å². The molecule has 1 aromatic carbocycles.